The molecule has 1 atom stereocenters. The van der Waals surface area contributed by atoms with Crippen LogP contribution in [0.25, 0.3) is 0 Å². The molecule has 1 fully saturated rings. The van der Waals surface area contributed by atoms with Crippen molar-refractivity contribution >= 4 is 38.7 Å². The number of anilines is 2. The van der Waals surface area contributed by atoms with Crippen LogP contribution in [0.15, 0.2) is 53.6 Å². The maximum absolute atomic E-state index is 13.6. The number of hydrogen-bond acceptors (Lipinski definition) is 6. The third-order valence-corrected chi connectivity index (χ3v) is 8.44. The van der Waals surface area contributed by atoms with Crippen molar-refractivity contribution in [2.45, 2.75) is 36.8 Å². The van der Waals surface area contributed by atoms with E-state index >= 15 is 0 Å². The SMILES string of the molecule is CS(=O)(=O)N1CCCN(c2ccc(C3CC(C(O)(C(F)(F)F)C(F)(F)F)=NN3c3ccccc3Cl)cc2)CC1. The third-order valence-electron chi connectivity index (χ3n) is 6.81. The number of alkyl halides is 6. The number of halogens is 7. The van der Waals surface area contributed by atoms with Crippen LogP contribution in [0, 0.1) is 0 Å². The molecule has 1 saturated heterocycles. The molecule has 2 aromatic rings. The van der Waals surface area contributed by atoms with Gasteiger partial charge in [0.15, 0.2) is 0 Å². The fourth-order valence-electron chi connectivity index (χ4n) is 4.73. The van der Waals surface area contributed by atoms with Crippen molar-refractivity contribution in [3.8, 4) is 0 Å². The summed E-state index contributed by atoms with van der Waals surface area (Å²) in [5, 5.41) is 14.7. The lowest BCUT2D eigenvalue weighted by Gasteiger charge is -2.32. The Labute approximate surface area is 226 Å². The Morgan fingerprint density at radius 2 is 1.54 bits per heavy atom. The topological polar surface area (TPSA) is 76.5 Å². The summed E-state index contributed by atoms with van der Waals surface area (Å²) in [5.74, 6) is 0. The molecule has 1 unspecified atom stereocenters. The Morgan fingerprint density at radius 1 is 0.923 bits per heavy atom. The number of hydrazone groups is 1. The number of nitrogens with zero attached hydrogens (tertiary/aromatic N) is 4. The molecule has 0 radical (unpaired) electrons. The highest BCUT2D eigenvalue weighted by molar-refractivity contribution is 7.88. The fraction of sp³-hybridized carbons (Fsp3) is 0.458. The van der Waals surface area contributed by atoms with Crippen LogP contribution in [0.3, 0.4) is 0 Å². The predicted molar refractivity (Wildman–Crippen MR) is 135 cm³/mol. The minimum atomic E-state index is -6.07. The Bertz CT molecular complexity index is 1320. The van der Waals surface area contributed by atoms with Gasteiger partial charge in [-0.15, -0.1) is 0 Å². The van der Waals surface area contributed by atoms with Crippen molar-refractivity contribution in [2.75, 3.05) is 42.3 Å². The van der Waals surface area contributed by atoms with Gasteiger partial charge in [0.25, 0.3) is 5.60 Å². The van der Waals surface area contributed by atoms with Crippen molar-refractivity contribution < 1.29 is 39.9 Å². The van der Waals surface area contributed by atoms with E-state index in [0.717, 1.165) is 11.3 Å². The molecule has 2 aliphatic rings. The highest BCUT2D eigenvalue weighted by Crippen LogP contribution is 2.49. The van der Waals surface area contributed by atoms with Gasteiger partial charge in [0.2, 0.25) is 10.0 Å². The average molecular weight is 599 g/mol. The minimum absolute atomic E-state index is 0.0478. The Hall–Kier alpha value is -2.55. The molecule has 2 aliphatic heterocycles. The van der Waals surface area contributed by atoms with E-state index in [0.29, 0.717) is 37.3 Å². The molecule has 0 aliphatic carbocycles. The van der Waals surface area contributed by atoms with Gasteiger partial charge in [-0.1, -0.05) is 35.9 Å². The van der Waals surface area contributed by atoms with E-state index in [1.54, 1.807) is 30.3 Å². The van der Waals surface area contributed by atoms with Crippen LogP contribution in [-0.2, 0) is 10.0 Å². The number of aliphatic hydroxyl groups is 1. The summed E-state index contributed by atoms with van der Waals surface area (Å²) < 4.78 is 107. The minimum Gasteiger partial charge on any atom is -0.370 e. The van der Waals surface area contributed by atoms with Crippen LogP contribution in [0.1, 0.15) is 24.4 Å². The molecule has 2 heterocycles. The van der Waals surface area contributed by atoms with E-state index in [2.05, 4.69) is 5.10 Å². The van der Waals surface area contributed by atoms with Crippen LogP contribution >= 0.6 is 11.6 Å². The lowest BCUT2D eigenvalue weighted by atomic mass is 9.90. The molecule has 0 spiro atoms. The summed E-state index contributed by atoms with van der Waals surface area (Å²) in [4.78, 5) is 1.95. The molecular formula is C24H25ClF6N4O3S. The zero-order chi connectivity index (χ0) is 28.8. The molecule has 0 amide bonds. The van der Waals surface area contributed by atoms with Gasteiger partial charge < -0.3 is 10.0 Å². The molecule has 1 N–H and O–H groups in total. The normalized spacial score (nSPS) is 20.2. The zero-order valence-corrected chi connectivity index (χ0v) is 22.1. The number of sulfonamides is 1. The third kappa shape index (κ3) is 5.70. The Morgan fingerprint density at radius 3 is 2.10 bits per heavy atom. The van der Waals surface area contributed by atoms with E-state index in [1.807, 2.05) is 4.90 Å². The summed E-state index contributed by atoms with van der Waals surface area (Å²) in [5.41, 5.74) is -5.52. The monoisotopic (exact) mass is 598 g/mol. The van der Waals surface area contributed by atoms with E-state index in [1.165, 1.54) is 22.5 Å². The maximum atomic E-state index is 13.6. The number of rotatable bonds is 5. The van der Waals surface area contributed by atoms with Crippen LogP contribution in [0.2, 0.25) is 5.02 Å². The molecule has 0 bridgehead atoms. The average Bonchev–Trinajstić information content (AvgIpc) is 3.11. The lowest BCUT2D eigenvalue weighted by molar-refractivity contribution is -0.338. The standard InChI is InChI=1S/C24H25ClF6N4O3S/c1-39(37,38)34-12-4-11-33(13-14-34)17-9-7-16(8-10-17)20-15-21(22(36,23(26,27)28)24(29,30)31)32-35(20)19-6-3-2-5-18(19)25/h2-3,5-10,20,36H,4,11-15H2,1H3. The Kier molecular flexibility index (Phi) is 7.89. The van der Waals surface area contributed by atoms with Crippen molar-refractivity contribution in [1.82, 2.24) is 4.31 Å². The van der Waals surface area contributed by atoms with Crippen LogP contribution in [0.5, 0.6) is 0 Å². The number of benzene rings is 2. The number of hydrogen-bond donors (Lipinski definition) is 1. The van der Waals surface area contributed by atoms with Gasteiger partial charge in [0.1, 0.15) is 0 Å². The first-order valence-corrected chi connectivity index (χ1v) is 14.0. The Balaban J connectivity index is 1.67. The largest absolute Gasteiger partial charge is 0.431 e. The van der Waals surface area contributed by atoms with Crippen molar-refractivity contribution in [3.63, 3.8) is 0 Å². The molecule has 39 heavy (non-hydrogen) atoms. The summed E-state index contributed by atoms with van der Waals surface area (Å²) in [6.45, 7) is 1.59. The van der Waals surface area contributed by atoms with Gasteiger partial charge in [-0.25, -0.2) is 12.7 Å². The molecule has 15 heteroatoms. The first-order valence-electron chi connectivity index (χ1n) is 11.8. The molecular weight excluding hydrogens is 574 g/mol. The van der Waals surface area contributed by atoms with Crippen molar-refractivity contribution in [2.24, 2.45) is 5.10 Å². The number of para-hydroxylation sites is 1. The maximum Gasteiger partial charge on any atom is 0.431 e. The highest BCUT2D eigenvalue weighted by Gasteiger charge is 2.74. The van der Waals surface area contributed by atoms with Gasteiger partial charge >= 0.3 is 12.4 Å². The van der Waals surface area contributed by atoms with Crippen LogP contribution < -0.4 is 9.91 Å². The summed E-state index contributed by atoms with van der Waals surface area (Å²) >= 11 is 6.21. The summed E-state index contributed by atoms with van der Waals surface area (Å²) in [7, 11) is -3.35. The second-order valence-corrected chi connectivity index (χ2v) is 11.8. The first kappa shape index (κ1) is 29.4. The van der Waals surface area contributed by atoms with Gasteiger partial charge in [-0.05, 0) is 36.2 Å². The molecule has 2 aromatic carbocycles. The van der Waals surface area contributed by atoms with Gasteiger partial charge in [-0.3, -0.25) is 5.01 Å². The highest BCUT2D eigenvalue weighted by atomic mass is 35.5. The van der Waals surface area contributed by atoms with Gasteiger partial charge in [0, 0.05) is 38.3 Å². The van der Waals surface area contributed by atoms with Gasteiger partial charge in [-0.2, -0.15) is 31.4 Å². The second kappa shape index (κ2) is 10.5. The van der Waals surface area contributed by atoms with Crippen molar-refractivity contribution in [3.05, 3.63) is 59.1 Å². The van der Waals surface area contributed by atoms with Crippen molar-refractivity contribution in [1.29, 1.82) is 0 Å². The smallest absolute Gasteiger partial charge is 0.370 e. The van der Waals surface area contributed by atoms with Crippen LogP contribution in [0.4, 0.5) is 37.7 Å². The van der Waals surface area contributed by atoms with E-state index in [9.17, 15) is 39.9 Å². The van der Waals surface area contributed by atoms with Gasteiger partial charge in [0.05, 0.1) is 28.7 Å². The van der Waals surface area contributed by atoms with Crippen LogP contribution in [-0.4, -0.2) is 73.9 Å². The predicted octanol–water partition coefficient (Wildman–Crippen LogP) is 4.97. The van der Waals surface area contributed by atoms with E-state index in [4.69, 9.17) is 11.6 Å². The molecule has 7 nitrogen and oxygen atoms in total. The van der Waals surface area contributed by atoms with E-state index in [-0.39, 0.29) is 17.3 Å². The summed E-state index contributed by atoms with van der Waals surface area (Å²) in [6.07, 6.45) is -11.3. The quantitative estimate of drug-likeness (QED) is 0.492. The van der Waals surface area contributed by atoms with E-state index < -0.39 is 46.2 Å². The summed E-state index contributed by atoms with van der Waals surface area (Å²) in [6, 6.07) is 11.2. The fourth-order valence-corrected chi connectivity index (χ4v) is 5.82. The zero-order valence-electron chi connectivity index (χ0n) is 20.5. The first-order chi connectivity index (χ1) is 18.0. The lowest BCUT2D eigenvalue weighted by Crippen LogP contribution is -2.62. The molecule has 0 saturated carbocycles. The molecule has 0 aromatic heterocycles. The molecule has 214 valence electrons. The molecule has 4 rings (SSSR count). The second-order valence-electron chi connectivity index (χ2n) is 9.36.